The molecule has 2 amide bonds. The molecule has 0 bridgehead atoms. The molecule has 2 unspecified atom stereocenters. The van der Waals surface area contributed by atoms with E-state index in [0.29, 0.717) is 12.0 Å². The summed E-state index contributed by atoms with van der Waals surface area (Å²) in [5.74, 6) is -0.862. The largest absolute Gasteiger partial charge is 0.369 e. The second-order valence-electron chi connectivity index (χ2n) is 6.44. The summed E-state index contributed by atoms with van der Waals surface area (Å²) in [7, 11) is 0. The number of fused-ring (bicyclic) bond motifs is 1. The van der Waals surface area contributed by atoms with Gasteiger partial charge in [0.1, 0.15) is 6.29 Å². The average molecular weight is 336 g/mol. The molecule has 0 fully saturated rings. The van der Waals surface area contributed by atoms with Crippen LogP contribution >= 0.6 is 0 Å². The number of carbonyl (C=O) groups is 3. The van der Waals surface area contributed by atoms with Gasteiger partial charge in [-0.2, -0.15) is 0 Å². The number of anilines is 1. The Kier molecular flexibility index (Phi) is 4.40. The van der Waals surface area contributed by atoms with Crippen LogP contribution < -0.4 is 10.6 Å². The summed E-state index contributed by atoms with van der Waals surface area (Å²) in [5, 5.41) is 0. The standard InChI is InChI=1S/C20H20N2O3/c1-12-9-18(20(21)25)17-10-16(7-8-19(17)22(12)13(2)24)15-5-3-14(11-23)4-6-15/h3-8,10-12,18H,9H2,1-2H3,(H2,21,25). The maximum atomic E-state index is 12.1. The van der Waals surface area contributed by atoms with E-state index in [-0.39, 0.29) is 17.9 Å². The van der Waals surface area contributed by atoms with Crippen LogP contribution in [-0.4, -0.2) is 24.1 Å². The molecule has 1 aliphatic heterocycles. The number of amides is 2. The van der Waals surface area contributed by atoms with Crippen molar-refractivity contribution in [1.82, 2.24) is 0 Å². The van der Waals surface area contributed by atoms with Crippen molar-refractivity contribution in [3.8, 4) is 11.1 Å². The van der Waals surface area contributed by atoms with Gasteiger partial charge in [0.2, 0.25) is 11.8 Å². The minimum atomic E-state index is -0.421. The molecule has 0 saturated carbocycles. The lowest BCUT2D eigenvalue weighted by molar-refractivity contribution is -0.121. The number of aldehydes is 1. The van der Waals surface area contributed by atoms with Crippen LogP contribution in [0.2, 0.25) is 0 Å². The van der Waals surface area contributed by atoms with Gasteiger partial charge in [0.15, 0.2) is 0 Å². The highest BCUT2D eigenvalue weighted by Crippen LogP contribution is 2.40. The Morgan fingerprint density at radius 1 is 1.12 bits per heavy atom. The van der Waals surface area contributed by atoms with Crippen LogP contribution in [0.5, 0.6) is 0 Å². The molecule has 5 heteroatoms. The summed E-state index contributed by atoms with van der Waals surface area (Å²) in [6.07, 6.45) is 1.31. The first kappa shape index (κ1) is 16.9. The molecule has 0 aliphatic carbocycles. The Bertz CT molecular complexity index is 843. The van der Waals surface area contributed by atoms with Crippen LogP contribution in [0.25, 0.3) is 11.1 Å². The summed E-state index contributed by atoms with van der Waals surface area (Å²) in [5.41, 5.74) is 9.58. The minimum absolute atomic E-state index is 0.0558. The van der Waals surface area contributed by atoms with E-state index in [1.54, 1.807) is 17.0 Å². The Labute approximate surface area is 146 Å². The third kappa shape index (κ3) is 3.05. The lowest BCUT2D eigenvalue weighted by atomic mass is 9.84. The lowest BCUT2D eigenvalue weighted by Crippen LogP contribution is -2.44. The van der Waals surface area contributed by atoms with Crippen molar-refractivity contribution >= 4 is 23.8 Å². The predicted molar refractivity (Wildman–Crippen MR) is 96.4 cm³/mol. The van der Waals surface area contributed by atoms with Crippen molar-refractivity contribution < 1.29 is 14.4 Å². The Morgan fingerprint density at radius 2 is 1.76 bits per heavy atom. The molecule has 3 rings (SSSR count). The van der Waals surface area contributed by atoms with E-state index in [4.69, 9.17) is 5.73 Å². The van der Waals surface area contributed by atoms with E-state index in [2.05, 4.69) is 0 Å². The summed E-state index contributed by atoms with van der Waals surface area (Å²) in [6, 6.07) is 12.8. The van der Waals surface area contributed by atoms with Crippen LogP contribution in [0.4, 0.5) is 5.69 Å². The van der Waals surface area contributed by atoms with Crippen molar-refractivity contribution in [1.29, 1.82) is 0 Å². The molecule has 2 atom stereocenters. The lowest BCUT2D eigenvalue weighted by Gasteiger charge is -2.38. The summed E-state index contributed by atoms with van der Waals surface area (Å²) >= 11 is 0. The van der Waals surface area contributed by atoms with Crippen molar-refractivity contribution in [3.05, 3.63) is 53.6 Å². The number of hydrogen-bond acceptors (Lipinski definition) is 3. The van der Waals surface area contributed by atoms with Crippen molar-refractivity contribution in [2.75, 3.05) is 4.90 Å². The molecule has 25 heavy (non-hydrogen) atoms. The Balaban J connectivity index is 2.11. The zero-order valence-electron chi connectivity index (χ0n) is 14.2. The van der Waals surface area contributed by atoms with Gasteiger partial charge in [-0.15, -0.1) is 0 Å². The molecule has 128 valence electrons. The normalized spacial score (nSPS) is 19.2. The average Bonchev–Trinajstić information content (AvgIpc) is 2.60. The number of rotatable bonds is 3. The highest BCUT2D eigenvalue weighted by atomic mass is 16.2. The number of benzene rings is 2. The molecule has 2 aromatic carbocycles. The predicted octanol–water partition coefficient (Wildman–Crippen LogP) is 2.88. The zero-order valence-corrected chi connectivity index (χ0v) is 14.2. The molecule has 0 aromatic heterocycles. The van der Waals surface area contributed by atoms with Crippen LogP contribution in [0.3, 0.4) is 0 Å². The number of hydrogen-bond donors (Lipinski definition) is 1. The van der Waals surface area contributed by atoms with Crippen molar-refractivity contribution in [2.24, 2.45) is 5.73 Å². The minimum Gasteiger partial charge on any atom is -0.369 e. The van der Waals surface area contributed by atoms with Crippen LogP contribution in [0.15, 0.2) is 42.5 Å². The van der Waals surface area contributed by atoms with Gasteiger partial charge >= 0.3 is 0 Å². The maximum Gasteiger partial charge on any atom is 0.225 e. The molecule has 0 saturated heterocycles. The highest BCUT2D eigenvalue weighted by molar-refractivity contribution is 5.97. The van der Waals surface area contributed by atoms with Gasteiger partial charge in [0, 0.05) is 24.2 Å². The van der Waals surface area contributed by atoms with E-state index in [9.17, 15) is 14.4 Å². The third-order valence-corrected chi connectivity index (χ3v) is 4.74. The Morgan fingerprint density at radius 3 is 2.32 bits per heavy atom. The van der Waals surface area contributed by atoms with Crippen LogP contribution in [0, 0.1) is 0 Å². The van der Waals surface area contributed by atoms with Crippen LogP contribution in [-0.2, 0) is 9.59 Å². The van der Waals surface area contributed by atoms with Crippen LogP contribution in [0.1, 0.15) is 42.1 Å². The van der Waals surface area contributed by atoms with E-state index in [1.807, 2.05) is 37.3 Å². The number of carbonyl (C=O) groups excluding carboxylic acids is 3. The quantitative estimate of drug-likeness (QED) is 0.875. The van der Waals surface area contributed by atoms with E-state index in [0.717, 1.165) is 28.7 Å². The molecule has 0 spiro atoms. The first-order chi connectivity index (χ1) is 11.9. The van der Waals surface area contributed by atoms with Gasteiger partial charge in [-0.05, 0) is 42.2 Å². The molecule has 5 nitrogen and oxygen atoms in total. The molecule has 0 radical (unpaired) electrons. The van der Waals surface area contributed by atoms with E-state index < -0.39 is 5.92 Å². The molecule has 2 aromatic rings. The van der Waals surface area contributed by atoms with E-state index in [1.165, 1.54) is 6.92 Å². The van der Waals surface area contributed by atoms with Gasteiger partial charge in [-0.3, -0.25) is 14.4 Å². The number of nitrogens with zero attached hydrogens (tertiary/aromatic N) is 1. The Hall–Kier alpha value is -2.95. The summed E-state index contributed by atoms with van der Waals surface area (Å²) in [6.45, 7) is 3.45. The van der Waals surface area contributed by atoms with E-state index >= 15 is 0 Å². The number of nitrogens with two attached hydrogens (primary N) is 1. The summed E-state index contributed by atoms with van der Waals surface area (Å²) < 4.78 is 0. The zero-order chi connectivity index (χ0) is 18.1. The fourth-order valence-corrected chi connectivity index (χ4v) is 3.55. The fraction of sp³-hybridized carbons (Fsp3) is 0.250. The van der Waals surface area contributed by atoms with Gasteiger partial charge in [-0.1, -0.05) is 30.3 Å². The number of primary amides is 1. The second-order valence-corrected chi connectivity index (χ2v) is 6.44. The molecule has 1 aliphatic rings. The first-order valence-corrected chi connectivity index (χ1v) is 8.21. The van der Waals surface area contributed by atoms with Gasteiger partial charge < -0.3 is 10.6 Å². The molecular weight excluding hydrogens is 316 g/mol. The maximum absolute atomic E-state index is 12.1. The van der Waals surface area contributed by atoms with Gasteiger partial charge in [0.05, 0.1) is 5.92 Å². The molecule has 2 N–H and O–H groups in total. The second kappa shape index (κ2) is 6.51. The summed E-state index contributed by atoms with van der Waals surface area (Å²) in [4.78, 5) is 36.5. The highest BCUT2D eigenvalue weighted by Gasteiger charge is 2.35. The monoisotopic (exact) mass is 336 g/mol. The topological polar surface area (TPSA) is 80.5 Å². The van der Waals surface area contributed by atoms with Gasteiger partial charge in [-0.25, -0.2) is 0 Å². The van der Waals surface area contributed by atoms with Crippen molar-refractivity contribution in [2.45, 2.75) is 32.2 Å². The fourth-order valence-electron chi connectivity index (χ4n) is 3.55. The van der Waals surface area contributed by atoms with Gasteiger partial charge in [0.25, 0.3) is 0 Å². The third-order valence-electron chi connectivity index (χ3n) is 4.74. The SMILES string of the molecule is CC(=O)N1c2ccc(-c3ccc(C=O)cc3)cc2C(C(N)=O)CC1C. The molecular formula is C20H20N2O3. The first-order valence-electron chi connectivity index (χ1n) is 8.21. The van der Waals surface area contributed by atoms with Crippen molar-refractivity contribution in [3.63, 3.8) is 0 Å². The smallest absolute Gasteiger partial charge is 0.225 e. The molecule has 1 heterocycles.